The maximum absolute atomic E-state index is 13.0. The number of ether oxygens (including phenoxy) is 1. The van der Waals surface area contributed by atoms with Crippen molar-refractivity contribution in [3.05, 3.63) is 41.3 Å². The van der Waals surface area contributed by atoms with Gasteiger partial charge in [0, 0.05) is 18.8 Å². The first-order chi connectivity index (χ1) is 12.8. The van der Waals surface area contributed by atoms with Gasteiger partial charge in [0.05, 0.1) is 12.2 Å². The van der Waals surface area contributed by atoms with E-state index in [0.29, 0.717) is 42.5 Å². The second-order valence-electron chi connectivity index (χ2n) is 6.49. The molecule has 0 spiro atoms. The Bertz CT molecular complexity index is 943. The average Bonchev–Trinajstić information content (AvgIpc) is 3.26. The van der Waals surface area contributed by atoms with E-state index in [-0.39, 0.29) is 16.6 Å². The molecule has 1 amide bonds. The number of carbonyl (C=O) groups is 1. The number of aryl methyl sites for hydroxylation is 2. The number of carbonyl (C=O) groups excluding carboxylic acids is 1. The summed E-state index contributed by atoms with van der Waals surface area (Å²) in [5.41, 5.74) is 0.810. The maximum Gasteiger partial charge on any atom is 0.259 e. The number of furan rings is 1. The minimum Gasteiger partial charge on any atom is -0.492 e. The van der Waals surface area contributed by atoms with Crippen molar-refractivity contribution in [3.8, 4) is 5.75 Å². The highest BCUT2D eigenvalue weighted by molar-refractivity contribution is 7.89. The van der Waals surface area contributed by atoms with Crippen LogP contribution in [0.15, 0.2) is 33.6 Å². The molecular weight excluding hydrogens is 368 g/mol. The Balaban J connectivity index is 1.93. The Morgan fingerprint density at radius 2 is 1.93 bits per heavy atom. The van der Waals surface area contributed by atoms with E-state index in [9.17, 15) is 13.2 Å². The Hall–Kier alpha value is -2.32. The number of amides is 1. The minimum atomic E-state index is -3.68. The van der Waals surface area contributed by atoms with Gasteiger partial charge in [0.1, 0.15) is 22.2 Å². The second-order valence-corrected chi connectivity index (χ2v) is 8.39. The molecule has 146 valence electrons. The zero-order chi connectivity index (χ0) is 19.6. The third-order valence-electron chi connectivity index (χ3n) is 4.47. The lowest BCUT2D eigenvalue weighted by Gasteiger charge is -2.19. The number of benzene rings is 1. The summed E-state index contributed by atoms with van der Waals surface area (Å²) in [5.74, 6) is 1.10. The van der Waals surface area contributed by atoms with Crippen molar-refractivity contribution >= 4 is 21.6 Å². The number of hydrogen-bond donors (Lipinski definition) is 1. The number of sulfonamides is 1. The van der Waals surface area contributed by atoms with Gasteiger partial charge in [-0.2, -0.15) is 4.31 Å². The van der Waals surface area contributed by atoms with E-state index >= 15 is 0 Å². The fourth-order valence-corrected chi connectivity index (χ4v) is 4.86. The van der Waals surface area contributed by atoms with Crippen molar-refractivity contribution in [2.45, 2.75) is 38.5 Å². The highest BCUT2D eigenvalue weighted by Gasteiger charge is 2.30. The zero-order valence-electron chi connectivity index (χ0n) is 15.7. The highest BCUT2D eigenvalue weighted by Crippen LogP contribution is 2.32. The predicted octanol–water partition coefficient (Wildman–Crippen LogP) is 3.33. The van der Waals surface area contributed by atoms with Crippen LogP contribution in [-0.4, -0.2) is 38.3 Å². The number of rotatable bonds is 6. The molecule has 1 aromatic heterocycles. The third-order valence-corrected chi connectivity index (χ3v) is 6.39. The molecule has 1 N–H and O–H groups in total. The second kappa shape index (κ2) is 7.74. The molecule has 1 saturated heterocycles. The lowest BCUT2D eigenvalue weighted by Crippen LogP contribution is -2.28. The standard InChI is InChI=1S/C19H24N2O5S/c1-4-25-17-8-7-15(20-19(22)16-11-13(2)26-14(16)3)12-18(17)27(23,24)21-9-5-6-10-21/h7-8,11-12H,4-6,9-10H2,1-3H3,(H,20,22). The van der Waals surface area contributed by atoms with Crippen molar-refractivity contribution in [2.75, 3.05) is 25.0 Å². The molecular formula is C19H24N2O5S. The van der Waals surface area contributed by atoms with Crippen LogP contribution >= 0.6 is 0 Å². The number of nitrogens with zero attached hydrogens (tertiary/aromatic N) is 1. The van der Waals surface area contributed by atoms with Crippen molar-refractivity contribution in [3.63, 3.8) is 0 Å². The zero-order valence-corrected chi connectivity index (χ0v) is 16.6. The van der Waals surface area contributed by atoms with Crippen molar-refractivity contribution < 1.29 is 22.4 Å². The van der Waals surface area contributed by atoms with Crippen LogP contribution in [0.2, 0.25) is 0 Å². The maximum atomic E-state index is 13.0. The highest BCUT2D eigenvalue weighted by atomic mass is 32.2. The molecule has 27 heavy (non-hydrogen) atoms. The number of nitrogens with one attached hydrogen (secondary N) is 1. The SMILES string of the molecule is CCOc1ccc(NC(=O)c2cc(C)oc2C)cc1S(=O)(=O)N1CCCC1. The van der Waals surface area contributed by atoms with E-state index in [4.69, 9.17) is 9.15 Å². The first kappa shape index (κ1) is 19.4. The predicted molar refractivity (Wildman–Crippen MR) is 102 cm³/mol. The van der Waals surface area contributed by atoms with E-state index in [2.05, 4.69) is 5.32 Å². The summed E-state index contributed by atoms with van der Waals surface area (Å²) < 4.78 is 38.4. The first-order valence-electron chi connectivity index (χ1n) is 8.98. The molecule has 1 fully saturated rings. The third kappa shape index (κ3) is 4.01. The number of hydrogen-bond acceptors (Lipinski definition) is 5. The van der Waals surface area contributed by atoms with E-state index in [0.717, 1.165) is 12.8 Å². The molecule has 7 nitrogen and oxygen atoms in total. The van der Waals surface area contributed by atoms with Gasteiger partial charge in [0.2, 0.25) is 10.0 Å². The van der Waals surface area contributed by atoms with Crippen LogP contribution in [0, 0.1) is 13.8 Å². The summed E-state index contributed by atoms with van der Waals surface area (Å²) >= 11 is 0. The Morgan fingerprint density at radius 3 is 2.52 bits per heavy atom. The van der Waals surface area contributed by atoms with E-state index in [1.54, 1.807) is 39.0 Å². The smallest absolute Gasteiger partial charge is 0.259 e. The van der Waals surface area contributed by atoms with Crippen LogP contribution in [0.4, 0.5) is 5.69 Å². The largest absolute Gasteiger partial charge is 0.492 e. The molecule has 0 unspecified atom stereocenters. The van der Waals surface area contributed by atoms with E-state index in [1.165, 1.54) is 10.4 Å². The molecule has 1 aliphatic rings. The van der Waals surface area contributed by atoms with Gasteiger partial charge in [-0.15, -0.1) is 0 Å². The van der Waals surface area contributed by atoms with Crippen LogP contribution in [0.3, 0.4) is 0 Å². The summed E-state index contributed by atoms with van der Waals surface area (Å²) in [5, 5.41) is 2.75. The van der Waals surface area contributed by atoms with Gasteiger partial charge in [0.25, 0.3) is 5.91 Å². The molecule has 8 heteroatoms. The lowest BCUT2D eigenvalue weighted by atomic mass is 10.2. The summed E-state index contributed by atoms with van der Waals surface area (Å²) in [7, 11) is -3.68. The molecule has 0 saturated carbocycles. The van der Waals surface area contributed by atoms with Gasteiger partial charge in [-0.05, 0) is 57.9 Å². The van der Waals surface area contributed by atoms with Crippen molar-refractivity contribution in [1.82, 2.24) is 4.31 Å². The molecule has 1 aliphatic heterocycles. The van der Waals surface area contributed by atoms with Gasteiger partial charge in [0.15, 0.2) is 0 Å². The van der Waals surface area contributed by atoms with Crippen LogP contribution < -0.4 is 10.1 Å². The fraction of sp³-hybridized carbons (Fsp3) is 0.421. The Morgan fingerprint density at radius 1 is 1.22 bits per heavy atom. The van der Waals surface area contributed by atoms with Crippen molar-refractivity contribution in [2.24, 2.45) is 0 Å². The van der Waals surface area contributed by atoms with E-state index in [1.807, 2.05) is 0 Å². The van der Waals surface area contributed by atoms with Crippen LogP contribution in [0.25, 0.3) is 0 Å². The molecule has 0 aliphatic carbocycles. The van der Waals surface area contributed by atoms with Crippen LogP contribution in [-0.2, 0) is 10.0 Å². The summed E-state index contributed by atoms with van der Waals surface area (Å²) in [6, 6.07) is 6.32. The summed E-state index contributed by atoms with van der Waals surface area (Å²) in [6.45, 7) is 6.62. The molecule has 0 radical (unpaired) electrons. The van der Waals surface area contributed by atoms with E-state index < -0.39 is 10.0 Å². The topological polar surface area (TPSA) is 88.8 Å². The number of anilines is 1. The molecule has 3 rings (SSSR count). The van der Waals surface area contributed by atoms with Gasteiger partial charge in [-0.1, -0.05) is 0 Å². The Labute approximate surface area is 159 Å². The molecule has 0 atom stereocenters. The molecule has 0 bridgehead atoms. The van der Waals surface area contributed by atoms with Gasteiger partial charge in [-0.25, -0.2) is 8.42 Å². The molecule has 2 aromatic rings. The minimum absolute atomic E-state index is 0.0733. The molecule has 2 heterocycles. The van der Waals surface area contributed by atoms with Crippen LogP contribution in [0.1, 0.15) is 41.6 Å². The Kier molecular flexibility index (Phi) is 5.57. The van der Waals surface area contributed by atoms with Gasteiger partial charge >= 0.3 is 0 Å². The monoisotopic (exact) mass is 392 g/mol. The van der Waals surface area contributed by atoms with Gasteiger partial charge < -0.3 is 14.5 Å². The molecule has 1 aromatic carbocycles. The lowest BCUT2D eigenvalue weighted by molar-refractivity contribution is 0.102. The summed E-state index contributed by atoms with van der Waals surface area (Å²) in [4.78, 5) is 12.6. The first-order valence-corrected chi connectivity index (χ1v) is 10.4. The quantitative estimate of drug-likeness (QED) is 0.814. The van der Waals surface area contributed by atoms with Crippen LogP contribution in [0.5, 0.6) is 5.75 Å². The normalized spacial score (nSPS) is 15.1. The van der Waals surface area contributed by atoms with Gasteiger partial charge in [-0.3, -0.25) is 4.79 Å². The fourth-order valence-electron chi connectivity index (χ4n) is 3.18. The summed E-state index contributed by atoms with van der Waals surface area (Å²) in [6.07, 6.45) is 1.69. The average molecular weight is 392 g/mol. The van der Waals surface area contributed by atoms with Crippen molar-refractivity contribution in [1.29, 1.82) is 0 Å².